The molecule has 1 N–H and O–H groups in total. The molecule has 3 rings (SSSR count). The molecule has 108 valence electrons. The van der Waals surface area contributed by atoms with Crippen LogP contribution in [0.25, 0.3) is 9.40 Å². The van der Waals surface area contributed by atoms with Crippen LogP contribution in [-0.2, 0) is 0 Å². The van der Waals surface area contributed by atoms with Gasteiger partial charge in [0.1, 0.15) is 0 Å². The van der Waals surface area contributed by atoms with E-state index in [9.17, 15) is 4.79 Å². The lowest BCUT2D eigenvalue weighted by atomic mass is 9.90. The van der Waals surface area contributed by atoms with E-state index in [0.717, 1.165) is 30.6 Å². The lowest BCUT2D eigenvalue weighted by molar-refractivity contribution is 0.0691. The van der Waals surface area contributed by atoms with Crippen LogP contribution in [0.1, 0.15) is 35.4 Å². The van der Waals surface area contributed by atoms with E-state index < -0.39 is 0 Å². The van der Waals surface area contributed by atoms with E-state index in [-0.39, 0.29) is 5.91 Å². The molecular weight excluding hydrogens is 288 g/mol. The lowest BCUT2D eigenvalue weighted by Crippen LogP contribution is -2.42. The highest BCUT2D eigenvalue weighted by molar-refractivity contribution is 7.27. The number of thiophene rings is 2. The molecule has 0 unspecified atom stereocenters. The van der Waals surface area contributed by atoms with Crippen molar-refractivity contribution in [2.75, 3.05) is 14.1 Å². The van der Waals surface area contributed by atoms with Gasteiger partial charge in [-0.05, 0) is 50.2 Å². The van der Waals surface area contributed by atoms with Gasteiger partial charge in [0.25, 0.3) is 5.91 Å². The molecule has 0 aliphatic heterocycles. The van der Waals surface area contributed by atoms with Crippen molar-refractivity contribution in [3.63, 3.8) is 0 Å². The van der Waals surface area contributed by atoms with Gasteiger partial charge in [-0.1, -0.05) is 0 Å². The zero-order valence-corrected chi connectivity index (χ0v) is 13.5. The largest absolute Gasteiger partial charge is 0.338 e. The average Bonchev–Trinajstić information content (AvgIpc) is 3.07. The van der Waals surface area contributed by atoms with Crippen LogP contribution in [0.15, 0.2) is 17.5 Å². The van der Waals surface area contributed by atoms with Crippen LogP contribution >= 0.6 is 22.7 Å². The molecule has 0 bridgehead atoms. The molecule has 2 heterocycles. The van der Waals surface area contributed by atoms with E-state index in [2.05, 4.69) is 16.8 Å². The maximum Gasteiger partial charge on any atom is 0.263 e. The second kappa shape index (κ2) is 5.84. The molecule has 1 saturated carbocycles. The number of hydrogen-bond acceptors (Lipinski definition) is 4. The number of hydrogen-bond donors (Lipinski definition) is 1. The van der Waals surface area contributed by atoms with Crippen LogP contribution in [0.2, 0.25) is 0 Å². The van der Waals surface area contributed by atoms with E-state index in [0.29, 0.717) is 12.1 Å². The van der Waals surface area contributed by atoms with Crippen LogP contribution in [0, 0.1) is 0 Å². The van der Waals surface area contributed by atoms with Crippen molar-refractivity contribution in [1.82, 2.24) is 10.2 Å². The zero-order valence-electron chi connectivity index (χ0n) is 11.9. The molecule has 0 saturated heterocycles. The normalized spacial score (nSPS) is 23.1. The first-order chi connectivity index (χ1) is 9.69. The number of amides is 1. The highest BCUT2D eigenvalue weighted by atomic mass is 32.1. The zero-order chi connectivity index (χ0) is 14.1. The second-order valence-electron chi connectivity index (χ2n) is 5.47. The molecule has 2 aromatic heterocycles. The molecule has 0 atom stereocenters. The number of carbonyl (C=O) groups is 1. The molecule has 1 aliphatic carbocycles. The van der Waals surface area contributed by atoms with Crippen LogP contribution < -0.4 is 5.32 Å². The molecule has 0 aromatic carbocycles. The summed E-state index contributed by atoms with van der Waals surface area (Å²) in [5, 5.41) is 5.42. The van der Waals surface area contributed by atoms with Gasteiger partial charge in [-0.25, -0.2) is 0 Å². The first-order valence-corrected chi connectivity index (χ1v) is 8.80. The molecule has 1 aliphatic rings. The van der Waals surface area contributed by atoms with Gasteiger partial charge in [0.15, 0.2) is 0 Å². The fourth-order valence-electron chi connectivity index (χ4n) is 2.96. The first kappa shape index (κ1) is 14.0. The van der Waals surface area contributed by atoms with Crippen molar-refractivity contribution in [2.24, 2.45) is 0 Å². The Morgan fingerprint density at radius 2 is 2.05 bits per heavy atom. The minimum Gasteiger partial charge on any atom is -0.338 e. The molecule has 3 nitrogen and oxygen atoms in total. The van der Waals surface area contributed by atoms with Gasteiger partial charge in [0, 0.05) is 28.5 Å². The summed E-state index contributed by atoms with van der Waals surface area (Å²) in [6, 6.07) is 5.16. The third kappa shape index (κ3) is 2.62. The summed E-state index contributed by atoms with van der Waals surface area (Å²) in [5.41, 5.74) is 0. The second-order valence-corrected chi connectivity index (χ2v) is 7.50. The Kier molecular flexibility index (Phi) is 4.10. The summed E-state index contributed by atoms with van der Waals surface area (Å²) in [6.45, 7) is 0. The van der Waals surface area contributed by atoms with Crippen molar-refractivity contribution < 1.29 is 4.79 Å². The first-order valence-electron chi connectivity index (χ1n) is 7.10. The fraction of sp³-hybridized carbons (Fsp3) is 0.533. The number of rotatable bonds is 3. The topological polar surface area (TPSA) is 32.3 Å². The number of carbonyl (C=O) groups excluding carboxylic acids is 1. The van der Waals surface area contributed by atoms with Gasteiger partial charge in [0.2, 0.25) is 0 Å². The average molecular weight is 308 g/mol. The summed E-state index contributed by atoms with van der Waals surface area (Å²) in [7, 11) is 3.98. The predicted molar refractivity (Wildman–Crippen MR) is 86.9 cm³/mol. The summed E-state index contributed by atoms with van der Waals surface area (Å²) in [6.07, 6.45) is 4.54. The standard InChI is InChI=1S/C15H20N2OS2/c1-16-10-3-5-11(6-4-10)17(2)15(18)14-9-13-12(20-14)7-8-19-13/h7-11,16H,3-6H2,1-2H3. The molecule has 5 heteroatoms. The monoisotopic (exact) mass is 308 g/mol. The maximum absolute atomic E-state index is 12.6. The Hall–Kier alpha value is -0.910. The number of nitrogens with one attached hydrogen (secondary N) is 1. The third-order valence-electron chi connectivity index (χ3n) is 4.32. The van der Waals surface area contributed by atoms with Gasteiger partial charge in [0.05, 0.1) is 4.88 Å². The summed E-state index contributed by atoms with van der Waals surface area (Å²) >= 11 is 3.32. The molecule has 1 amide bonds. The van der Waals surface area contributed by atoms with E-state index in [1.807, 2.05) is 25.1 Å². The Morgan fingerprint density at radius 3 is 2.70 bits per heavy atom. The Morgan fingerprint density at radius 1 is 1.30 bits per heavy atom. The van der Waals surface area contributed by atoms with Crippen LogP contribution in [0.4, 0.5) is 0 Å². The Labute approximate surface area is 127 Å². The van der Waals surface area contributed by atoms with Gasteiger partial charge in [-0.3, -0.25) is 4.79 Å². The quantitative estimate of drug-likeness (QED) is 0.940. The van der Waals surface area contributed by atoms with Crippen molar-refractivity contribution in [2.45, 2.75) is 37.8 Å². The third-order valence-corrected chi connectivity index (χ3v) is 6.40. The molecule has 0 radical (unpaired) electrons. The minimum atomic E-state index is 0.186. The molecular formula is C15H20N2OS2. The van der Waals surface area contributed by atoms with E-state index in [4.69, 9.17) is 0 Å². The number of fused-ring (bicyclic) bond motifs is 1. The summed E-state index contributed by atoms with van der Waals surface area (Å²) < 4.78 is 2.45. The van der Waals surface area contributed by atoms with E-state index in [1.54, 1.807) is 22.7 Å². The highest BCUT2D eigenvalue weighted by Gasteiger charge is 2.27. The van der Waals surface area contributed by atoms with Gasteiger partial charge >= 0.3 is 0 Å². The molecule has 2 aromatic rings. The minimum absolute atomic E-state index is 0.186. The van der Waals surface area contributed by atoms with Crippen molar-refractivity contribution in [3.8, 4) is 0 Å². The van der Waals surface area contributed by atoms with Gasteiger partial charge < -0.3 is 10.2 Å². The Bertz CT molecular complexity index is 567. The van der Waals surface area contributed by atoms with Crippen molar-refractivity contribution >= 4 is 38.0 Å². The van der Waals surface area contributed by atoms with Crippen molar-refractivity contribution in [3.05, 3.63) is 22.4 Å². The lowest BCUT2D eigenvalue weighted by Gasteiger charge is -2.34. The molecule has 20 heavy (non-hydrogen) atoms. The SMILES string of the molecule is CNC1CCC(N(C)C(=O)c2cc3sccc3s2)CC1. The van der Waals surface area contributed by atoms with Gasteiger partial charge in [-0.15, -0.1) is 22.7 Å². The smallest absolute Gasteiger partial charge is 0.263 e. The van der Waals surface area contributed by atoms with Gasteiger partial charge in [-0.2, -0.15) is 0 Å². The van der Waals surface area contributed by atoms with E-state index >= 15 is 0 Å². The summed E-state index contributed by atoms with van der Waals surface area (Å²) in [5.74, 6) is 0.186. The Balaban J connectivity index is 1.69. The number of nitrogens with zero attached hydrogens (tertiary/aromatic N) is 1. The maximum atomic E-state index is 12.6. The highest BCUT2D eigenvalue weighted by Crippen LogP contribution is 2.31. The van der Waals surface area contributed by atoms with Crippen LogP contribution in [-0.4, -0.2) is 37.0 Å². The molecule has 0 spiro atoms. The predicted octanol–water partition coefficient (Wildman–Crippen LogP) is 3.57. The summed E-state index contributed by atoms with van der Waals surface area (Å²) in [4.78, 5) is 15.4. The van der Waals surface area contributed by atoms with Crippen molar-refractivity contribution in [1.29, 1.82) is 0 Å². The van der Waals surface area contributed by atoms with Crippen LogP contribution in [0.5, 0.6) is 0 Å². The molecule has 1 fully saturated rings. The fourth-order valence-corrected chi connectivity index (χ4v) is 5.05. The van der Waals surface area contributed by atoms with Crippen LogP contribution in [0.3, 0.4) is 0 Å². The van der Waals surface area contributed by atoms with E-state index in [1.165, 1.54) is 9.40 Å².